The highest BCUT2D eigenvalue weighted by Gasteiger charge is 2.05. The van der Waals surface area contributed by atoms with Crippen LogP contribution in [0, 0.1) is 0 Å². The lowest BCUT2D eigenvalue weighted by atomic mass is 10.0. The van der Waals surface area contributed by atoms with Crippen LogP contribution in [0.2, 0.25) is 0 Å². The second-order valence-electron chi connectivity index (χ2n) is 8.87. The van der Waals surface area contributed by atoms with E-state index in [1.54, 1.807) is 0 Å². The normalized spacial score (nSPS) is 12.9. The third-order valence-electron chi connectivity index (χ3n) is 5.85. The average molecular weight is 509 g/mol. The van der Waals surface area contributed by atoms with E-state index in [-0.39, 0.29) is 0 Å². The van der Waals surface area contributed by atoms with Crippen LogP contribution < -0.4 is 5.32 Å². The molecular weight excluding hydrogens is 460 g/mol. The lowest BCUT2D eigenvalue weighted by Crippen LogP contribution is -2.23. The molecule has 202 valence electrons. The molecular formula is C36H48N2. The summed E-state index contributed by atoms with van der Waals surface area (Å²) >= 11 is 0. The van der Waals surface area contributed by atoms with Crippen LogP contribution in [0.25, 0.3) is 5.70 Å². The van der Waals surface area contributed by atoms with E-state index in [2.05, 4.69) is 101 Å². The molecule has 3 aromatic rings. The molecule has 0 saturated carbocycles. The van der Waals surface area contributed by atoms with Crippen LogP contribution in [0.1, 0.15) is 79.4 Å². The Bertz CT molecular complexity index is 1140. The third kappa shape index (κ3) is 12.1. The summed E-state index contributed by atoms with van der Waals surface area (Å²) in [5.74, 6) is 0. The minimum absolute atomic E-state index is 0.492. The van der Waals surface area contributed by atoms with Crippen molar-refractivity contribution in [2.24, 2.45) is 4.99 Å². The van der Waals surface area contributed by atoms with Crippen molar-refractivity contribution < 1.29 is 0 Å². The van der Waals surface area contributed by atoms with Crippen molar-refractivity contribution in [2.45, 2.75) is 74.3 Å². The topological polar surface area (TPSA) is 24.4 Å². The maximum atomic E-state index is 4.75. The minimum Gasteiger partial charge on any atom is -0.382 e. The molecule has 0 bridgehead atoms. The van der Waals surface area contributed by atoms with Gasteiger partial charge in [0.05, 0.1) is 11.4 Å². The van der Waals surface area contributed by atoms with E-state index in [0.29, 0.717) is 6.04 Å². The van der Waals surface area contributed by atoms with Gasteiger partial charge >= 0.3 is 0 Å². The fourth-order valence-electron chi connectivity index (χ4n) is 3.55. The van der Waals surface area contributed by atoms with E-state index in [1.807, 2.05) is 69.3 Å². The molecule has 0 amide bonds. The predicted octanol–water partition coefficient (Wildman–Crippen LogP) is 10.6. The number of rotatable bonds is 9. The highest BCUT2D eigenvalue weighted by molar-refractivity contribution is 6.13. The monoisotopic (exact) mass is 508 g/mol. The van der Waals surface area contributed by atoms with Gasteiger partial charge < -0.3 is 5.32 Å². The fraction of sp³-hybridized carbons (Fsp3) is 0.306. The molecule has 2 nitrogen and oxygen atoms in total. The average Bonchev–Trinajstić information content (AvgIpc) is 2.98. The van der Waals surface area contributed by atoms with E-state index in [0.717, 1.165) is 29.8 Å². The van der Waals surface area contributed by atoms with Crippen molar-refractivity contribution in [3.8, 4) is 0 Å². The summed E-state index contributed by atoms with van der Waals surface area (Å²) in [4.78, 5) is 4.75. The summed E-state index contributed by atoms with van der Waals surface area (Å²) < 4.78 is 0. The van der Waals surface area contributed by atoms with Gasteiger partial charge in [-0.05, 0) is 69.9 Å². The lowest BCUT2D eigenvalue weighted by molar-refractivity contribution is 0.630. The molecule has 0 fully saturated rings. The Morgan fingerprint density at radius 1 is 0.789 bits per heavy atom. The Labute approximate surface area is 233 Å². The van der Waals surface area contributed by atoms with Gasteiger partial charge in [-0.25, -0.2) is 4.99 Å². The summed E-state index contributed by atoms with van der Waals surface area (Å²) in [5, 5.41) is 3.59. The van der Waals surface area contributed by atoms with Crippen molar-refractivity contribution in [3.05, 3.63) is 131 Å². The van der Waals surface area contributed by atoms with E-state index in [1.165, 1.54) is 22.4 Å². The van der Waals surface area contributed by atoms with Crippen LogP contribution in [0.5, 0.6) is 0 Å². The highest BCUT2D eigenvalue weighted by Crippen LogP contribution is 2.17. The second kappa shape index (κ2) is 19.5. The molecule has 3 aromatic carbocycles. The maximum Gasteiger partial charge on any atom is 0.0735 e. The Kier molecular flexibility index (Phi) is 16.6. The Morgan fingerprint density at radius 2 is 1.29 bits per heavy atom. The van der Waals surface area contributed by atoms with Crippen LogP contribution in [0.4, 0.5) is 5.69 Å². The Balaban J connectivity index is 0.000000357. The summed E-state index contributed by atoms with van der Waals surface area (Å²) in [5.41, 5.74) is 8.13. The Morgan fingerprint density at radius 3 is 1.76 bits per heavy atom. The summed E-state index contributed by atoms with van der Waals surface area (Å²) in [6.45, 7) is 16.9. The molecule has 0 aliphatic carbocycles. The van der Waals surface area contributed by atoms with E-state index in [9.17, 15) is 0 Å². The highest BCUT2D eigenvalue weighted by atomic mass is 14.9. The summed E-state index contributed by atoms with van der Waals surface area (Å²) in [6, 6.07) is 31.4. The number of nitrogens with one attached hydrogen (secondary N) is 1. The van der Waals surface area contributed by atoms with Crippen molar-refractivity contribution in [1.29, 1.82) is 0 Å². The molecule has 1 atom stereocenters. The molecule has 0 spiro atoms. The second-order valence-corrected chi connectivity index (χ2v) is 8.87. The molecule has 2 heteroatoms. The molecule has 0 radical (unpaired) electrons. The van der Waals surface area contributed by atoms with Gasteiger partial charge in [-0.15, -0.1) is 0 Å². The summed E-state index contributed by atoms with van der Waals surface area (Å²) in [6.07, 6.45) is 8.79. The van der Waals surface area contributed by atoms with Crippen LogP contribution in [0.3, 0.4) is 0 Å². The minimum atomic E-state index is 0.492. The maximum absolute atomic E-state index is 4.75. The van der Waals surface area contributed by atoms with Gasteiger partial charge in [0.2, 0.25) is 0 Å². The van der Waals surface area contributed by atoms with Crippen LogP contribution >= 0.6 is 0 Å². The number of hydrogen-bond donors (Lipinski definition) is 1. The van der Waals surface area contributed by atoms with Gasteiger partial charge in [0.25, 0.3) is 0 Å². The molecule has 0 heterocycles. The van der Waals surface area contributed by atoms with Gasteiger partial charge in [0.1, 0.15) is 0 Å². The molecule has 0 aromatic heterocycles. The van der Waals surface area contributed by atoms with Gasteiger partial charge in [-0.3, -0.25) is 0 Å². The number of para-hydroxylation sites is 1. The first-order chi connectivity index (χ1) is 18.5. The first-order valence-electron chi connectivity index (χ1n) is 14.0. The Hall–Kier alpha value is -3.65. The third-order valence-corrected chi connectivity index (χ3v) is 5.85. The van der Waals surface area contributed by atoms with Crippen LogP contribution in [-0.2, 0) is 0 Å². The first kappa shape index (κ1) is 32.4. The smallest absolute Gasteiger partial charge is 0.0735 e. The quantitative estimate of drug-likeness (QED) is 0.225. The molecule has 0 unspecified atom stereocenters. The molecule has 3 rings (SSSR count). The largest absolute Gasteiger partial charge is 0.382 e. The number of allylic oxidation sites excluding steroid dienone is 5. The SMILES string of the molecule is C/C=C(/C)C(=Nc1ccccc1)c1ccccc1.CC.CC/C=C(C)\C=C(/N[C@H](C)CC)c1ccccc1. The van der Waals surface area contributed by atoms with Crippen molar-refractivity contribution >= 4 is 17.1 Å². The molecule has 0 aliphatic rings. The zero-order valence-corrected chi connectivity index (χ0v) is 24.8. The number of nitrogens with zero attached hydrogens (tertiary/aromatic N) is 1. The van der Waals surface area contributed by atoms with Gasteiger partial charge in [-0.1, -0.05) is 124 Å². The van der Waals surface area contributed by atoms with Crippen molar-refractivity contribution in [3.63, 3.8) is 0 Å². The predicted molar refractivity (Wildman–Crippen MR) is 171 cm³/mol. The molecule has 38 heavy (non-hydrogen) atoms. The van der Waals surface area contributed by atoms with E-state index >= 15 is 0 Å². The molecule has 0 aliphatic heterocycles. The van der Waals surface area contributed by atoms with Gasteiger partial charge in [0.15, 0.2) is 0 Å². The fourth-order valence-corrected chi connectivity index (χ4v) is 3.55. The van der Waals surface area contributed by atoms with Crippen LogP contribution in [0.15, 0.2) is 125 Å². The van der Waals surface area contributed by atoms with Gasteiger partial charge in [-0.2, -0.15) is 0 Å². The van der Waals surface area contributed by atoms with Crippen molar-refractivity contribution in [2.75, 3.05) is 0 Å². The lowest BCUT2D eigenvalue weighted by Gasteiger charge is -2.17. The number of hydrogen-bond acceptors (Lipinski definition) is 2. The van der Waals surface area contributed by atoms with E-state index < -0.39 is 0 Å². The zero-order chi connectivity index (χ0) is 28.2. The molecule has 0 saturated heterocycles. The summed E-state index contributed by atoms with van der Waals surface area (Å²) in [7, 11) is 0. The number of benzene rings is 3. The first-order valence-corrected chi connectivity index (χ1v) is 14.0. The molecule has 1 N–H and O–H groups in total. The van der Waals surface area contributed by atoms with Gasteiger partial charge in [0, 0.05) is 17.3 Å². The number of aliphatic imine (C=N–C) groups is 1. The zero-order valence-electron chi connectivity index (χ0n) is 24.8. The van der Waals surface area contributed by atoms with E-state index in [4.69, 9.17) is 4.99 Å². The van der Waals surface area contributed by atoms with Crippen molar-refractivity contribution in [1.82, 2.24) is 5.32 Å². The standard InChI is InChI=1S/C17H17N.C17H25N.C2H6/c1-3-14(2)17(15-10-6-4-7-11-15)18-16-12-8-5-9-13-16;1-5-10-14(3)13-17(18-15(4)6-2)16-11-8-7-9-12-16;1-2/h3-13H,1-2H3;7-13,15,18H,5-6H2,1-4H3;1-2H3/b14-3-,18-17?;14-10-,17-13-;/t;15-;/m.1./s1. The van der Waals surface area contributed by atoms with Crippen LogP contribution in [-0.4, -0.2) is 11.8 Å².